The molecule has 0 bridgehead atoms. The maximum atomic E-state index is 13.3. The van der Waals surface area contributed by atoms with Gasteiger partial charge in [-0.3, -0.25) is 24.4 Å². The van der Waals surface area contributed by atoms with Gasteiger partial charge in [-0.1, -0.05) is 141 Å². The zero-order valence-corrected chi connectivity index (χ0v) is 56.1. The van der Waals surface area contributed by atoms with Gasteiger partial charge in [-0.2, -0.15) is 0 Å². The molecule has 3 N–H and O–H groups in total. The smallest absolute Gasteiger partial charge is 0.391 e. The first kappa shape index (κ1) is 65.7. The molecule has 3 amide bonds. The fourth-order valence-corrected chi connectivity index (χ4v) is 14.9. The third kappa shape index (κ3) is 13.3. The zero-order chi connectivity index (χ0) is 59.9. The van der Waals surface area contributed by atoms with Crippen LogP contribution in [0.3, 0.4) is 0 Å². The molecular weight excluding hydrogens is 1190 g/mol. The Morgan fingerprint density at radius 1 is 0.411 bits per heavy atom. The number of pyridine rings is 3. The number of aliphatic hydroxyl groups is 3. The summed E-state index contributed by atoms with van der Waals surface area (Å²) in [6, 6.07) is 43.1. The SMILES string of the molecule is Cc1ccc(Cc2cc3c(c4ccccc24)CN([C@H]2CCCC[C@@H]2O)C3=O)cn1.Cc1ccc(Cc2cc3c(c4ccccc24)CN([C@H]2CCCC[C@@H]2O)C3=O)cn1.O=C1c2cc(Cc3ccc(Cl)nc3)c3ccccc3c2CN1[C@H]1CCCC[C@@H]1O.[CH3-].[CH3-].[Zn+2]. The van der Waals surface area contributed by atoms with Gasteiger partial charge in [0, 0.05) is 66.3 Å². The molecule has 90 heavy (non-hydrogen) atoms. The standard InChI is InChI=1S/2C25H26N2O2.C24H23ClN2O2.2CH3.Zn/c2*1-16-10-11-17(14-26-16)12-18-13-21-22(20-7-3-2-6-19(18)20)15-27(25(21)29)23-8-4-5-9-24(23)28;25-23-10-9-15(13-26-23)11-16-12-19-20(18-6-2-1-5-17(16)18)14-27(24(19)29)21-7-3-4-8-22(21)28;;;/h2*2-3,6-7,10-11,13-14,23-24,28H,4-5,8-9,12,15H2,1H3;1-2,5-6,9-10,12-13,21-22,28H,3-4,7-8,11,14H2;2*1H3;/q;;;2*-1;+2/t2*23-,24-;21-,22-;;;/m000.../s1. The Bertz CT molecular complexity index is 3650. The van der Waals surface area contributed by atoms with Gasteiger partial charge in [-0.15, -0.1) is 0 Å². The van der Waals surface area contributed by atoms with E-state index >= 15 is 0 Å². The number of carbonyl (C=O) groups is 3. The summed E-state index contributed by atoms with van der Waals surface area (Å²) >= 11 is 5.93. The Kier molecular flexibility index (Phi) is 20.8. The molecule has 3 aliphatic heterocycles. The molecule has 3 aliphatic carbocycles. The van der Waals surface area contributed by atoms with Crippen molar-refractivity contribution >= 4 is 61.6 Å². The molecular formula is C76H81ClN6O6Zn. The minimum atomic E-state index is -0.423. The Labute approximate surface area is 547 Å². The molecule has 6 atom stereocenters. The quantitative estimate of drug-likeness (QED) is 0.0726. The van der Waals surface area contributed by atoms with E-state index in [9.17, 15) is 29.7 Å². The van der Waals surface area contributed by atoms with Crippen LogP contribution >= 0.6 is 11.6 Å². The van der Waals surface area contributed by atoms with E-state index in [0.29, 0.717) is 31.2 Å². The van der Waals surface area contributed by atoms with E-state index in [4.69, 9.17) is 11.6 Å². The minimum absolute atomic E-state index is 0. The Balaban J connectivity index is 0.000000146. The molecule has 6 aliphatic rings. The molecule has 0 unspecified atom stereocenters. The first-order chi connectivity index (χ1) is 42.3. The van der Waals surface area contributed by atoms with Crippen LogP contribution in [0.2, 0.25) is 5.15 Å². The van der Waals surface area contributed by atoms with Crippen molar-refractivity contribution in [2.45, 2.75) is 166 Å². The number of rotatable bonds is 9. The molecule has 12 nitrogen and oxygen atoms in total. The summed E-state index contributed by atoms with van der Waals surface area (Å²) in [5.41, 5.74) is 14.5. The third-order valence-corrected chi connectivity index (χ3v) is 19.6. The Morgan fingerprint density at radius 3 is 0.978 bits per heavy atom. The van der Waals surface area contributed by atoms with E-state index in [2.05, 4.69) is 87.7 Å². The molecule has 3 saturated carbocycles. The summed E-state index contributed by atoms with van der Waals surface area (Å²) in [6.45, 7) is 5.76. The fraction of sp³-hybridized carbons (Fsp3) is 0.342. The largest absolute Gasteiger partial charge is 2.00 e. The van der Waals surface area contributed by atoms with Crippen LogP contribution in [0.4, 0.5) is 0 Å². The number of fused-ring (bicyclic) bond motifs is 9. The Morgan fingerprint density at radius 2 is 0.700 bits per heavy atom. The number of hydrogen-bond donors (Lipinski definition) is 3. The normalized spacial score (nSPS) is 20.9. The van der Waals surface area contributed by atoms with E-state index in [0.717, 1.165) is 184 Å². The van der Waals surface area contributed by atoms with Gasteiger partial charge in [0.2, 0.25) is 0 Å². The first-order valence-electron chi connectivity index (χ1n) is 31.4. The summed E-state index contributed by atoms with van der Waals surface area (Å²) in [5.74, 6) is 0.187. The number of halogens is 1. The minimum Gasteiger partial charge on any atom is -0.391 e. The molecule has 3 fully saturated rings. The second-order valence-corrected chi connectivity index (χ2v) is 25.4. The number of hydrogen-bond acceptors (Lipinski definition) is 9. The number of carbonyl (C=O) groups excluding carboxylic acids is 3. The second-order valence-electron chi connectivity index (χ2n) is 25.0. The predicted octanol–water partition coefficient (Wildman–Crippen LogP) is 14.4. The molecule has 9 aromatic rings. The molecule has 6 heterocycles. The van der Waals surface area contributed by atoms with Crippen LogP contribution in [0, 0.1) is 28.7 Å². The fourth-order valence-electron chi connectivity index (χ4n) is 14.8. The van der Waals surface area contributed by atoms with Gasteiger partial charge < -0.3 is 44.9 Å². The van der Waals surface area contributed by atoms with Gasteiger partial charge in [0.15, 0.2) is 0 Å². The van der Waals surface area contributed by atoms with E-state index < -0.39 is 18.3 Å². The summed E-state index contributed by atoms with van der Waals surface area (Å²) in [5, 5.41) is 39.0. The zero-order valence-electron chi connectivity index (χ0n) is 52.4. The van der Waals surface area contributed by atoms with Crippen molar-refractivity contribution in [3.05, 3.63) is 244 Å². The third-order valence-electron chi connectivity index (χ3n) is 19.4. The van der Waals surface area contributed by atoms with Crippen LogP contribution in [0.15, 0.2) is 146 Å². The number of aromatic nitrogens is 3. The summed E-state index contributed by atoms with van der Waals surface area (Å²) in [4.78, 5) is 58.8. The van der Waals surface area contributed by atoms with Gasteiger partial charge in [0.05, 0.1) is 36.4 Å². The molecule has 15 rings (SSSR count). The van der Waals surface area contributed by atoms with E-state index in [-0.39, 0.29) is 70.2 Å². The van der Waals surface area contributed by atoms with Crippen molar-refractivity contribution in [1.29, 1.82) is 0 Å². The summed E-state index contributed by atoms with van der Waals surface area (Å²) in [6.07, 6.45) is 17.9. The van der Waals surface area contributed by atoms with Crippen LogP contribution < -0.4 is 0 Å². The predicted molar refractivity (Wildman–Crippen MR) is 355 cm³/mol. The van der Waals surface area contributed by atoms with Crippen molar-refractivity contribution in [2.24, 2.45) is 0 Å². The molecule has 0 radical (unpaired) electrons. The molecule has 0 saturated heterocycles. The van der Waals surface area contributed by atoms with Crippen LogP contribution in [0.1, 0.15) is 170 Å². The van der Waals surface area contributed by atoms with Crippen molar-refractivity contribution in [2.75, 3.05) is 0 Å². The van der Waals surface area contributed by atoms with Crippen LogP contribution in [-0.4, -0.2) is 99.1 Å². The number of nitrogens with zero attached hydrogens (tertiary/aromatic N) is 6. The van der Waals surface area contributed by atoms with Crippen molar-refractivity contribution < 1.29 is 49.2 Å². The second kappa shape index (κ2) is 28.5. The van der Waals surface area contributed by atoms with Gasteiger partial charge in [-0.05, 0) is 190 Å². The van der Waals surface area contributed by atoms with Crippen LogP contribution in [-0.2, 0) is 58.4 Å². The first-order valence-corrected chi connectivity index (χ1v) is 31.7. The molecule has 0 spiro atoms. The van der Waals surface area contributed by atoms with Gasteiger partial charge in [0.1, 0.15) is 5.15 Å². The number of benzene rings is 6. The van der Waals surface area contributed by atoms with E-state index in [1.54, 1.807) is 12.3 Å². The molecule has 14 heteroatoms. The molecule has 460 valence electrons. The average molecular weight is 1280 g/mol. The average Bonchev–Trinajstić information content (AvgIpc) is 1.66. The Hall–Kier alpha value is -7.25. The number of aryl methyl sites for hydroxylation is 2. The van der Waals surface area contributed by atoms with Gasteiger partial charge in [0.25, 0.3) is 17.7 Å². The summed E-state index contributed by atoms with van der Waals surface area (Å²) in [7, 11) is 0. The van der Waals surface area contributed by atoms with Crippen molar-refractivity contribution in [3.63, 3.8) is 0 Å². The topological polar surface area (TPSA) is 160 Å². The van der Waals surface area contributed by atoms with Crippen molar-refractivity contribution in [1.82, 2.24) is 29.7 Å². The van der Waals surface area contributed by atoms with Gasteiger partial charge in [-0.25, -0.2) is 4.98 Å². The van der Waals surface area contributed by atoms with Crippen molar-refractivity contribution in [3.8, 4) is 0 Å². The van der Waals surface area contributed by atoms with Crippen LogP contribution in [0.5, 0.6) is 0 Å². The molecule has 6 aromatic carbocycles. The summed E-state index contributed by atoms with van der Waals surface area (Å²) < 4.78 is 0. The monoisotopic (exact) mass is 1270 g/mol. The maximum absolute atomic E-state index is 13.3. The van der Waals surface area contributed by atoms with E-state index in [1.807, 2.05) is 89.5 Å². The number of amides is 3. The molecule has 3 aromatic heterocycles. The number of aliphatic hydroxyl groups excluding tert-OH is 3. The van der Waals surface area contributed by atoms with Gasteiger partial charge >= 0.3 is 19.5 Å². The van der Waals surface area contributed by atoms with Crippen LogP contribution in [0.25, 0.3) is 32.3 Å². The maximum Gasteiger partial charge on any atom is 2.00 e. The van der Waals surface area contributed by atoms with E-state index in [1.165, 1.54) is 16.2 Å².